The molecule has 1 heterocycles. The SMILES string of the molecule is CC(=O)[C@H]1CC[C@@H](c2ccncc2)CC1. The first-order valence-corrected chi connectivity index (χ1v) is 5.67. The van der Waals surface area contributed by atoms with Crippen LogP contribution in [0, 0.1) is 5.92 Å². The summed E-state index contributed by atoms with van der Waals surface area (Å²) in [5.41, 5.74) is 1.38. The van der Waals surface area contributed by atoms with Gasteiger partial charge in [-0.3, -0.25) is 9.78 Å². The number of hydrogen-bond acceptors (Lipinski definition) is 2. The molecule has 1 aliphatic carbocycles. The third-order valence-corrected chi connectivity index (χ3v) is 3.48. The molecule has 1 aromatic heterocycles. The molecule has 80 valence electrons. The first kappa shape index (κ1) is 10.3. The standard InChI is InChI=1S/C13H17NO/c1-10(15)11-2-4-12(5-3-11)13-6-8-14-9-7-13/h6-9,11-12H,2-5H2,1H3/t11-,12+. The van der Waals surface area contributed by atoms with Crippen molar-refractivity contribution in [1.29, 1.82) is 0 Å². The molecule has 0 atom stereocenters. The molecule has 0 aliphatic heterocycles. The Hall–Kier alpha value is -1.18. The highest BCUT2D eigenvalue weighted by Gasteiger charge is 2.24. The molecule has 0 radical (unpaired) electrons. The molecule has 1 saturated carbocycles. The lowest BCUT2D eigenvalue weighted by atomic mass is 9.78. The molecule has 2 nitrogen and oxygen atoms in total. The van der Waals surface area contributed by atoms with Crippen LogP contribution >= 0.6 is 0 Å². The monoisotopic (exact) mass is 203 g/mol. The average Bonchev–Trinajstić information content (AvgIpc) is 2.30. The van der Waals surface area contributed by atoms with Gasteiger partial charge in [-0.2, -0.15) is 0 Å². The maximum Gasteiger partial charge on any atom is 0.132 e. The van der Waals surface area contributed by atoms with Crippen molar-refractivity contribution < 1.29 is 4.79 Å². The molecule has 1 aliphatic rings. The topological polar surface area (TPSA) is 30.0 Å². The summed E-state index contributed by atoms with van der Waals surface area (Å²) in [4.78, 5) is 15.3. The Labute approximate surface area is 90.7 Å². The largest absolute Gasteiger partial charge is 0.300 e. The van der Waals surface area contributed by atoms with E-state index in [1.165, 1.54) is 5.56 Å². The lowest BCUT2D eigenvalue weighted by molar-refractivity contribution is -0.121. The molecule has 0 unspecified atom stereocenters. The smallest absolute Gasteiger partial charge is 0.132 e. The molecule has 0 N–H and O–H groups in total. The van der Waals surface area contributed by atoms with Gasteiger partial charge in [-0.05, 0) is 56.2 Å². The van der Waals surface area contributed by atoms with Gasteiger partial charge in [0.05, 0.1) is 0 Å². The first-order valence-electron chi connectivity index (χ1n) is 5.67. The van der Waals surface area contributed by atoms with Crippen molar-refractivity contribution in [1.82, 2.24) is 4.98 Å². The van der Waals surface area contributed by atoms with Crippen molar-refractivity contribution >= 4 is 5.78 Å². The summed E-state index contributed by atoms with van der Waals surface area (Å²) in [6, 6.07) is 4.19. The van der Waals surface area contributed by atoms with Gasteiger partial charge in [-0.15, -0.1) is 0 Å². The fourth-order valence-electron chi connectivity index (χ4n) is 2.47. The van der Waals surface area contributed by atoms with Crippen LogP contribution in [0.4, 0.5) is 0 Å². The van der Waals surface area contributed by atoms with Gasteiger partial charge in [-0.1, -0.05) is 0 Å². The predicted molar refractivity (Wildman–Crippen MR) is 59.6 cm³/mol. The lowest BCUT2D eigenvalue weighted by Gasteiger charge is -2.27. The Bertz CT molecular complexity index is 326. The van der Waals surface area contributed by atoms with E-state index in [0.717, 1.165) is 25.7 Å². The number of nitrogens with zero attached hydrogens (tertiary/aromatic N) is 1. The number of ketones is 1. The quantitative estimate of drug-likeness (QED) is 0.739. The number of Topliss-reactive ketones (excluding diaryl/α,β-unsaturated/α-hetero) is 1. The van der Waals surface area contributed by atoms with E-state index in [0.29, 0.717) is 17.6 Å². The van der Waals surface area contributed by atoms with Gasteiger partial charge in [0, 0.05) is 18.3 Å². The third kappa shape index (κ3) is 2.44. The summed E-state index contributed by atoms with van der Waals surface area (Å²) in [6.45, 7) is 1.72. The fraction of sp³-hybridized carbons (Fsp3) is 0.538. The number of aromatic nitrogens is 1. The second kappa shape index (κ2) is 4.56. The minimum absolute atomic E-state index is 0.322. The van der Waals surface area contributed by atoms with Crippen LogP contribution in [0.1, 0.15) is 44.1 Å². The zero-order chi connectivity index (χ0) is 10.7. The normalized spacial score (nSPS) is 26.2. The molecule has 15 heavy (non-hydrogen) atoms. The highest BCUT2D eigenvalue weighted by molar-refractivity contribution is 5.78. The van der Waals surface area contributed by atoms with Crippen LogP contribution in [0.15, 0.2) is 24.5 Å². The highest BCUT2D eigenvalue weighted by atomic mass is 16.1. The Morgan fingerprint density at radius 2 is 1.80 bits per heavy atom. The molecule has 2 rings (SSSR count). The lowest BCUT2D eigenvalue weighted by Crippen LogP contribution is -2.18. The molecule has 0 bridgehead atoms. The Kier molecular flexibility index (Phi) is 3.14. The maximum absolute atomic E-state index is 11.2. The molecule has 0 saturated heterocycles. The van der Waals surface area contributed by atoms with E-state index < -0.39 is 0 Å². The third-order valence-electron chi connectivity index (χ3n) is 3.48. The van der Waals surface area contributed by atoms with Gasteiger partial charge in [0.25, 0.3) is 0 Å². The fourth-order valence-corrected chi connectivity index (χ4v) is 2.47. The van der Waals surface area contributed by atoms with Crippen LogP contribution in [0.25, 0.3) is 0 Å². The number of hydrogen-bond donors (Lipinski definition) is 0. The molecular weight excluding hydrogens is 186 g/mol. The zero-order valence-corrected chi connectivity index (χ0v) is 9.15. The minimum atomic E-state index is 0.322. The number of carbonyl (C=O) groups is 1. The summed E-state index contributed by atoms with van der Waals surface area (Å²) in [6.07, 6.45) is 8.12. The van der Waals surface area contributed by atoms with E-state index in [9.17, 15) is 4.79 Å². The summed E-state index contributed by atoms with van der Waals surface area (Å²) in [5, 5.41) is 0. The van der Waals surface area contributed by atoms with Crippen molar-refractivity contribution in [2.75, 3.05) is 0 Å². The first-order chi connectivity index (χ1) is 7.27. The number of pyridine rings is 1. The van der Waals surface area contributed by atoms with Crippen molar-refractivity contribution in [3.8, 4) is 0 Å². The van der Waals surface area contributed by atoms with Crippen LogP contribution in [0.2, 0.25) is 0 Å². The van der Waals surface area contributed by atoms with Gasteiger partial charge in [0.15, 0.2) is 0 Å². The number of carbonyl (C=O) groups excluding carboxylic acids is 1. The van der Waals surface area contributed by atoms with E-state index in [2.05, 4.69) is 17.1 Å². The molecule has 1 fully saturated rings. The van der Waals surface area contributed by atoms with Gasteiger partial charge >= 0.3 is 0 Å². The van der Waals surface area contributed by atoms with Crippen LogP contribution in [0.3, 0.4) is 0 Å². The van der Waals surface area contributed by atoms with Crippen molar-refractivity contribution in [3.63, 3.8) is 0 Å². The summed E-state index contributed by atoms with van der Waals surface area (Å²) in [5.74, 6) is 1.33. The average molecular weight is 203 g/mol. The summed E-state index contributed by atoms with van der Waals surface area (Å²) < 4.78 is 0. The van der Waals surface area contributed by atoms with Crippen molar-refractivity contribution in [2.24, 2.45) is 5.92 Å². The van der Waals surface area contributed by atoms with Crippen molar-refractivity contribution in [3.05, 3.63) is 30.1 Å². The van der Waals surface area contributed by atoms with E-state index in [-0.39, 0.29) is 0 Å². The molecule has 1 aromatic rings. The maximum atomic E-state index is 11.2. The second-order valence-corrected chi connectivity index (χ2v) is 4.44. The molecule has 2 heteroatoms. The van der Waals surface area contributed by atoms with Crippen LogP contribution in [-0.2, 0) is 4.79 Å². The van der Waals surface area contributed by atoms with Gasteiger partial charge < -0.3 is 0 Å². The highest BCUT2D eigenvalue weighted by Crippen LogP contribution is 2.35. The van der Waals surface area contributed by atoms with Crippen LogP contribution in [0.5, 0.6) is 0 Å². The van der Waals surface area contributed by atoms with Gasteiger partial charge in [0.1, 0.15) is 5.78 Å². The second-order valence-electron chi connectivity index (χ2n) is 4.44. The summed E-state index contributed by atoms with van der Waals surface area (Å²) >= 11 is 0. The molecule has 0 amide bonds. The van der Waals surface area contributed by atoms with Crippen LogP contribution < -0.4 is 0 Å². The molecular formula is C13H17NO. The van der Waals surface area contributed by atoms with Gasteiger partial charge in [0.2, 0.25) is 0 Å². The van der Waals surface area contributed by atoms with E-state index >= 15 is 0 Å². The Balaban J connectivity index is 1.97. The Morgan fingerprint density at radius 1 is 1.20 bits per heavy atom. The van der Waals surface area contributed by atoms with Crippen LogP contribution in [-0.4, -0.2) is 10.8 Å². The predicted octanol–water partition coefficient (Wildman–Crippen LogP) is 2.94. The number of rotatable bonds is 2. The molecule has 0 aromatic carbocycles. The summed E-state index contributed by atoms with van der Waals surface area (Å²) in [7, 11) is 0. The Morgan fingerprint density at radius 3 is 2.33 bits per heavy atom. The van der Waals surface area contributed by atoms with Gasteiger partial charge in [-0.25, -0.2) is 0 Å². The zero-order valence-electron chi connectivity index (χ0n) is 9.15. The van der Waals surface area contributed by atoms with E-state index in [1.807, 2.05) is 12.4 Å². The van der Waals surface area contributed by atoms with Crippen molar-refractivity contribution in [2.45, 2.75) is 38.5 Å². The minimum Gasteiger partial charge on any atom is -0.300 e. The van der Waals surface area contributed by atoms with E-state index in [4.69, 9.17) is 0 Å². The molecule has 0 spiro atoms. The van der Waals surface area contributed by atoms with E-state index in [1.54, 1.807) is 6.92 Å².